The summed E-state index contributed by atoms with van der Waals surface area (Å²) < 4.78 is 68.8. The maximum absolute atomic E-state index is 13.2. The van der Waals surface area contributed by atoms with Gasteiger partial charge in [0.25, 0.3) is 10.0 Å². The number of alkyl halides is 3. The van der Waals surface area contributed by atoms with E-state index in [1.807, 2.05) is 13.0 Å². The normalized spacial score (nSPS) is 12.2. The van der Waals surface area contributed by atoms with Crippen molar-refractivity contribution in [3.8, 4) is 0 Å². The van der Waals surface area contributed by atoms with Crippen LogP contribution in [0, 0.1) is 13.8 Å². The molecule has 2 aromatic carbocycles. The van der Waals surface area contributed by atoms with Gasteiger partial charge in [-0.3, -0.25) is 9.40 Å². The lowest BCUT2D eigenvalue weighted by atomic mass is 10.1. The second-order valence-electron chi connectivity index (χ2n) is 6.51. The van der Waals surface area contributed by atoms with Crippen molar-refractivity contribution in [1.29, 1.82) is 0 Å². The first-order valence-electron chi connectivity index (χ1n) is 8.45. The summed E-state index contributed by atoms with van der Waals surface area (Å²) in [7, 11) is -4.12. The third-order valence-electron chi connectivity index (χ3n) is 4.23. The van der Waals surface area contributed by atoms with Gasteiger partial charge in [0, 0.05) is 10.7 Å². The van der Waals surface area contributed by atoms with Gasteiger partial charge in [-0.05, 0) is 61.9 Å². The maximum atomic E-state index is 13.2. The van der Waals surface area contributed by atoms with E-state index in [1.54, 1.807) is 11.6 Å². The summed E-state index contributed by atoms with van der Waals surface area (Å²) in [5.74, 6) is 0. The Bertz CT molecular complexity index is 1140. The van der Waals surface area contributed by atoms with Crippen molar-refractivity contribution in [2.45, 2.75) is 31.5 Å². The molecule has 0 atom stereocenters. The number of aryl methyl sites for hydroxylation is 2. The van der Waals surface area contributed by atoms with E-state index in [2.05, 4.69) is 9.82 Å². The lowest BCUT2D eigenvalue weighted by Crippen LogP contribution is -2.17. The molecule has 0 saturated carbocycles. The number of sulfonamides is 1. The molecule has 1 heterocycles. The highest BCUT2D eigenvalue weighted by molar-refractivity contribution is 7.92. The van der Waals surface area contributed by atoms with E-state index in [4.69, 9.17) is 11.6 Å². The van der Waals surface area contributed by atoms with Gasteiger partial charge in [0.05, 0.1) is 28.4 Å². The molecule has 1 aromatic heterocycles. The molecule has 3 rings (SSSR count). The standard InChI is InChI=1S/C19H17ClF3N3O2S/c1-12-9-13(2)26(24-12)11-14-3-4-15(19(21,22)23)10-18(14)25-29(27,28)17-7-5-16(20)6-8-17/h3-10,25H,11H2,1-2H3. The zero-order valence-electron chi connectivity index (χ0n) is 15.5. The largest absolute Gasteiger partial charge is 0.416 e. The Kier molecular flexibility index (Phi) is 5.64. The van der Waals surface area contributed by atoms with E-state index in [0.717, 1.165) is 23.5 Å². The number of halogens is 4. The zero-order chi connectivity index (χ0) is 21.4. The van der Waals surface area contributed by atoms with Crippen LogP contribution in [0.1, 0.15) is 22.5 Å². The summed E-state index contributed by atoms with van der Waals surface area (Å²) in [4.78, 5) is -0.114. The Morgan fingerprint density at radius 3 is 2.28 bits per heavy atom. The molecular formula is C19H17ClF3N3O2S. The number of benzene rings is 2. The quantitative estimate of drug-likeness (QED) is 0.602. The fraction of sp³-hybridized carbons (Fsp3) is 0.211. The van der Waals surface area contributed by atoms with E-state index < -0.39 is 21.8 Å². The molecule has 0 aliphatic rings. The van der Waals surface area contributed by atoms with E-state index in [1.165, 1.54) is 30.3 Å². The molecule has 0 spiro atoms. The monoisotopic (exact) mass is 443 g/mol. The fourth-order valence-electron chi connectivity index (χ4n) is 2.80. The van der Waals surface area contributed by atoms with E-state index in [-0.39, 0.29) is 17.1 Å². The molecule has 1 N–H and O–H groups in total. The number of anilines is 1. The Balaban J connectivity index is 2.04. The average molecular weight is 444 g/mol. The maximum Gasteiger partial charge on any atom is 0.416 e. The van der Waals surface area contributed by atoms with Crippen LogP contribution in [0.15, 0.2) is 53.4 Å². The van der Waals surface area contributed by atoms with Crippen LogP contribution in [-0.2, 0) is 22.7 Å². The minimum absolute atomic E-state index is 0.107. The lowest BCUT2D eigenvalue weighted by molar-refractivity contribution is -0.137. The fourth-order valence-corrected chi connectivity index (χ4v) is 4.02. The molecule has 0 radical (unpaired) electrons. The number of rotatable bonds is 5. The third-order valence-corrected chi connectivity index (χ3v) is 5.86. The van der Waals surface area contributed by atoms with Gasteiger partial charge in [-0.15, -0.1) is 0 Å². The van der Waals surface area contributed by atoms with Gasteiger partial charge in [0.2, 0.25) is 0 Å². The van der Waals surface area contributed by atoms with Crippen LogP contribution in [-0.4, -0.2) is 18.2 Å². The number of hydrogen-bond donors (Lipinski definition) is 1. The van der Waals surface area contributed by atoms with Gasteiger partial charge >= 0.3 is 6.18 Å². The molecule has 0 bridgehead atoms. The molecular weight excluding hydrogens is 427 g/mol. The summed E-state index contributed by atoms with van der Waals surface area (Å²) >= 11 is 5.78. The summed E-state index contributed by atoms with van der Waals surface area (Å²) in [6, 6.07) is 10.1. The predicted octanol–water partition coefficient (Wildman–Crippen LogP) is 5.02. The molecule has 0 aliphatic heterocycles. The van der Waals surface area contributed by atoms with Gasteiger partial charge in [0.1, 0.15) is 0 Å². The van der Waals surface area contributed by atoms with Crippen LogP contribution in [0.2, 0.25) is 5.02 Å². The first kappa shape index (κ1) is 21.2. The summed E-state index contributed by atoms with van der Waals surface area (Å²) in [5.41, 5.74) is 0.777. The Labute approximate surface area is 171 Å². The van der Waals surface area contributed by atoms with Crippen LogP contribution in [0.3, 0.4) is 0 Å². The van der Waals surface area contributed by atoms with Crippen molar-refractivity contribution in [3.05, 3.63) is 76.1 Å². The highest BCUT2D eigenvalue weighted by Crippen LogP contribution is 2.33. The van der Waals surface area contributed by atoms with E-state index in [9.17, 15) is 21.6 Å². The highest BCUT2D eigenvalue weighted by Gasteiger charge is 2.31. The van der Waals surface area contributed by atoms with E-state index >= 15 is 0 Å². The summed E-state index contributed by atoms with van der Waals surface area (Å²) in [6.07, 6.45) is -4.61. The second kappa shape index (κ2) is 7.72. The Morgan fingerprint density at radius 2 is 1.72 bits per heavy atom. The molecule has 10 heteroatoms. The van der Waals surface area contributed by atoms with Crippen molar-refractivity contribution in [1.82, 2.24) is 9.78 Å². The Hall–Kier alpha value is -2.52. The number of hydrogen-bond acceptors (Lipinski definition) is 3. The van der Waals surface area contributed by atoms with E-state index in [0.29, 0.717) is 10.6 Å². The SMILES string of the molecule is Cc1cc(C)n(Cc2ccc(C(F)(F)F)cc2NS(=O)(=O)c2ccc(Cl)cc2)n1. The number of aromatic nitrogens is 2. The lowest BCUT2D eigenvalue weighted by Gasteiger charge is -2.16. The number of nitrogens with one attached hydrogen (secondary N) is 1. The summed E-state index contributed by atoms with van der Waals surface area (Å²) in [5, 5.41) is 4.63. The van der Waals surface area contributed by atoms with Gasteiger partial charge in [-0.25, -0.2) is 8.42 Å². The number of nitrogens with zero attached hydrogens (tertiary/aromatic N) is 2. The van der Waals surface area contributed by atoms with Gasteiger partial charge in [0.15, 0.2) is 0 Å². The average Bonchev–Trinajstić information content (AvgIpc) is 2.93. The molecule has 0 unspecified atom stereocenters. The highest BCUT2D eigenvalue weighted by atomic mass is 35.5. The first-order chi connectivity index (χ1) is 13.5. The first-order valence-corrected chi connectivity index (χ1v) is 10.3. The van der Waals surface area contributed by atoms with Crippen molar-refractivity contribution >= 4 is 27.3 Å². The van der Waals surface area contributed by atoms with Crippen molar-refractivity contribution < 1.29 is 21.6 Å². The predicted molar refractivity (Wildman–Crippen MR) is 105 cm³/mol. The molecule has 0 saturated heterocycles. The van der Waals surface area contributed by atoms with Gasteiger partial charge in [-0.2, -0.15) is 18.3 Å². The molecule has 29 heavy (non-hydrogen) atoms. The van der Waals surface area contributed by atoms with Crippen molar-refractivity contribution in [3.63, 3.8) is 0 Å². The smallest absolute Gasteiger partial charge is 0.279 e. The molecule has 0 amide bonds. The summed E-state index contributed by atoms with van der Waals surface area (Å²) in [6.45, 7) is 3.71. The van der Waals surface area contributed by atoms with Gasteiger partial charge < -0.3 is 0 Å². The molecule has 3 aromatic rings. The topological polar surface area (TPSA) is 64.0 Å². The third kappa shape index (κ3) is 4.91. The zero-order valence-corrected chi connectivity index (χ0v) is 17.0. The molecule has 154 valence electrons. The van der Waals surface area contributed by atoms with Crippen molar-refractivity contribution in [2.24, 2.45) is 0 Å². The van der Waals surface area contributed by atoms with Crippen molar-refractivity contribution in [2.75, 3.05) is 4.72 Å². The van der Waals surface area contributed by atoms with Crippen LogP contribution >= 0.6 is 11.6 Å². The molecule has 0 fully saturated rings. The van der Waals surface area contributed by atoms with Crippen LogP contribution in [0.5, 0.6) is 0 Å². The molecule has 5 nitrogen and oxygen atoms in total. The Morgan fingerprint density at radius 1 is 1.07 bits per heavy atom. The minimum Gasteiger partial charge on any atom is -0.279 e. The van der Waals surface area contributed by atoms with Crippen LogP contribution in [0.25, 0.3) is 0 Å². The van der Waals surface area contributed by atoms with Gasteiger partial charge in [-0.1, -0.05) is 17.7 Å². The minimum atomic E-state index is -4.61. The second-order valence-corrected chi connectivity index (χ2v) is 8.63. The van der Waals surface area contributed by atoms with Crippen LogP contribution in [0.4, 0.5) is 18.9 Å². The molecule has 0 aliphatic carbocycles. The van der Waals surface area contributed by atoms with Crippen LogP contribution < -0.4 is 4.72 Å².